The zero-order chi connectivity index (χ0) is 14.1. The molecule has 20 heavy (non-hydrogen) atoms. The molecule has 0 radical (unpaired) electrons. The molecular formula is C15H10ClNO3. The number of hydrogen-bond donors (Lipinski definition) is 1. The summed E-state index contributed by atoms with van der Waals surface area (Å²) in [6, 6.07) is 9.20. The Morgan fingerprint density at radius 2 is 2.15 bits per heavy atom. The van der Waals surface area contributed by atoms with Gasteiger partial charge in [-0.05, 0) is 29.8 Å². The van der Waals surface area contributed by atoms with Crippen molar-refractivity contribution in [1.82, 2.24) is 4.98 Å². The van der Waals surface area contributed by atoms with Gasteiger partial charge in [0.05, 0.1) is 11.3 Å². The molecule has 0 aliphatic heterocycles. The SMILES string of the molecule is O=C(O)c1occ2cc(Cc3ccc(Cl)cn3)ccc12. The minimum atomic E-state index is -1.06. The fourth-order valence-electron chi connectivity index (χ4n) is 2.10. The van der Waals surface area contributed by atoms with E-state index in [1.807, 2.05) is 18.2 Å². The number of benzene rings is 1. The van der Waals surface area contributed by atoms with E-state index in [4.69, 9.17) is 21.1 Å². The summed E-state index contributed by atoms with van der Waals surface area (Å²) in [6.07, 6.45) is 3.72. The van der Waals surface area contributed by atoms with Crippen molar-refractivity contribution in [2.24, 2.45) is 0 Å². The molecule has 2 heterocycles. The lowest BCUT2D eigenvalue weighted by molar-refractivity contribution is 0.0665. The van der Waals surface area contributed by atoms with Crippen LogP contribution in [0.4, 0.5) is 0 Å². The number of pyridine rings is 1. The third kappa shape index (κ3) is 2.38. The molecule has 0 spiro atoms. The number of carboxylic acids is 1. The lowest BCUT2D eigenvalue weighted by Crippen LogP contribution is -1.94. The highest BCUT2D eigenvalue weighted by Crippen LogP contribution is 2.23. The van der Waals surface area contributed by atoms with E-state index in [9.17, 15) is 4.79 Å². The summed E-state index contributed by atoms with van der Waals surface area (Å²) in [7, 11) is 0. The third-order valence-electron chi connectivity index (χ3n) is 3.03. The van der Waals surface area contributed by atoms with Crippen LogP contribution in [0.15, 0.2) is 47.2 Å². The monoisotopic (exact) mass is 287 g/mol. The van der Waals surface area contributed by atoms with E-state index >= 15 is 0 Å². The molecule has 0 bridgehead atoms. The number of carboxylic acid groups (broad SMARTS) is 1. The Balaban J connectivity index is 1.93. The number of carbonyl (C=O) groups is 1. The van der Waals surface area contributed by atoms with Gasteiger partial charge in [0, 0.05) is 29.1 Å². The molecule has 0 aliphatic rings. The number of aromatic nitrogens is 1. The smallest absolute Gasteiger partial charge is 0.372 e. The van der Waals surface area contributed by atoms with E-state index in [2.05, 4.69) is 4.98 Å². The van der Waals surface area contributed by atoms with Gasteiger partial charge in [-0.25, -0.2) is 4.79 Å². The number of hydrogen-bond acceptors (Lipinski definition) is 3. The Morgan fingerprint density at radius 3 is 2.85 bits per heavy atom. The number of furan rings is 1. The second-order valence-corrected chi connectivity index (χ2v) is 4.87. The fourth-order valence-corrected chi connectivity index (χ4v) is 2.21. The average Bonchev–Trinajstić information content (AvgIpc) is 2.84. The van der Waals surface area contributed by atoms with Gasteiger partial charge in [0.15, 0.2) is 0 Å². The normalized spacial score (nSPS) is 10.8. The van der Waals surface area contributed by atoms with Crippen LogP contribution in [0.2, 0.25) is 5.02 Å². The van der Waals surface area contributed by atoms with Crippen LogP contribution >= 0.6 is 11.6 Å². The van der Waals surface area contributed by atoms with Gasteiger partial charge in [-0.3, -0.25) is 4.98 Å². The highest BCUT2D eigenvalue weighted by atomic mass is 35.5. The number of rotatable bonds is 3. The Bertz CT molecular complexity index is 777. The topological polar surface area (TPSA) is 63.3 Å². The first-order valence-electron chi connectivity index (χ1n) is 5.97. The summed E-state index contributed by atoms with van der Waals surface area (Å²) in [4.78, 5) is 15.2. The highest BCUT2D eigenvalue weighted by molar-refractivity contribution is 6.30. The van der Waals surface area contributed by atoms with Crippen LogP contribution in [0.1, 0.15) is 21.8 Å². The molecule has 3 rings (SSSR count). The van der Waals surface area contributed by atoms with Crippen molar-refractivity contribution in [3.63, 3.8) is 0 Å². The molecule has 100 valence electrons. The van der Waals surface area contributed by atoms with Gasteiger partial charge in [0.2, 0.25) is 5.76 Å². The standard InChI is InChI=1S/C15H10ClNO3/c16-11-2-3-12(17-7-11)6-9-1-4-13-10(5-9)8-20-14(13)15(18)19/h1-5,7-8H,6H2,(H,18,19). The summed E-state index contributed by atoms with van der Waals surface area (Å²) in [6.45, 7) is 0. The second-order valence-electron chi connectivity index (χ2n) is 4.44. The van der Waals surface area contributed by atoms with Crippen LogP contribution in [-0.2, 0) is 6.42 Å². The van der Waals surface area contributed by atoms with E-state index < -0.39 is 5.97 Å². The first-order valence-corrected chi connectivity index (χ1v) is 6.35. The molecule has 3 aromatic rings. The largest absolute Gasteiger partial charge is 0.475 e. The van der Waals surface area contributed by atoms with Crippen molar-refractivity contribution in [3.8, 4) is 0 Å². The maximum Gasteiger partial charge on any atom is 0.372 e. The van der Waals surface area contributed by atoms with Crippen molar-refractivity contribution >= 4 is 28.3 Å². The van der Waals surface area contributed by atoms with Crippen molar-refractivity contribution < 1.29 is 14.3 Å². The fraction of sp³-hybridized carbons (Fsp3) is 0.0667. The predicted octanol–water partition coefficient (Wildman–Crippen LogP) is 3.77. The first-order chi connectivity index (χ1) is 9.63. The summed E-state index contributed by atoms with van der Waals surface area (Å²) >= 11 is 5.79. The van der Waals surface area contributed by atoms with Crippen molar-refractivity contribution in [2.45, 2.75) is 6.42 Å². The molecule has 2 aromatic heterocycles. The number of halogens is 1. The van der Waals surface area contributed by atoms with Gasteiger partial charge < -0.3 is 9.52 Å². The number of nitrogens with zero attached hydrogens (tertiary/aromatic N) is 1. The van der Waals surface area contributed by atoms with Crippen molar-refractivity contribution in [2.75, 3.05) is 0 Å². The van der Waals surface area contributed by atoms with Gasteiger partial charge in [-0.1, -0.05) is 17.7 Å². The van der Waals surface area contributed by atoms with E-state index in [1.54, 1.807) is 18.3 Å². The van der Waals surface area contributed by atoms with Crippen LogP contribution in [0.25, 0.3) is 10.8 Å². The van der Waals surface area contributed by atoms with Crippen molar-refractivity contribution in [1.29, 1.82) is 0 Å². The van der Waals surface area contributed by atoms with E-state index in [0.29, 0.717) is 16.8 Å². The lowest BCUT2D eigenvalue weighted by atomic mass is 10.1. The molecule has 5 heteroatoms. The molecule has 0 amide bonds. The summed E-state index contributed by atoms with van der Waals surface area (Å²) < 4.78 is 5.06. The first kappa shape index (κ1) is 12.7. The summed E-state index contributed by atoms with van der Waals surface area (Å²) in [5.74, 6) is -1.09. The van der Waals surface area contributed by atoms with E-state index in [-0.39, 0.29) is 5.76 Å². The van der Waals surface area contributed by atoms with Crippen LogP contribution in [0.5, 0.6) is 0 Å². The molecule has 1 N–H and O–H groups in total. The minimum Gasteiger partial charge on any atom is -0.475 e. The van der Waals surface area contributed by atoms with Crippen LogP contribution in [0.3, 0.4) is 0 Å². The molecule has 0 unspecified atom stereocenters. The maximum absolute atomic E-state index is 11.0. The Labute approximate surface area is 119 Å². The molecular weight excluding hydrogens is 278 g/mol. The van der Waals surface area contributed by atoms with Gasteiger partial charge in [-0.15, -0.1) is 0 Å². The molecule has 0 saturated heterocycles. The predicted molar refractivity (Wildman–Crippen MR) is 75.2 cm³/mol. The third-order valence-corrected chi connectivity index (χ3v) is 3.26. The number of aromatic carboxylic acids is 1. The highest BCUT2D eigenvalue weighted by Gasteiger charge is 2.13. The Kier molecular flexibility index (Phi) is 3.16. The minimum absolute atomic E-state index is 0.0313. The van der Waals surface area contributed by atoms with Crippen molar-refractivity contribution in [3.05, 3.63) is 64.8 Å². The van der Waals surface area contributed by atoms with E-state index in [0.717, 1.165) is 16.6 Å². The van der Waals surface area contributed by atoms with Crippen LogP contribution in [0, 0.1) is 0 Å². The molecule has 0 saturated carbocycles. The molecule has 1 aromatic carbocycles. The second kappa shape index (κ2) is 4.98. The summed E-state index contributed by atoms with van der Waals surface area (Å²) in [5.41, 5.74) is 1.93. The Morgan fingerprint density at radius 1 is 1.30 bits per heavy atom. The molecule has 0 aliphatic carbocycles. The van der Waals surface area contributed by atoms with Gasteiger partial charge in [0.25, 0.3) is 0 Å². The van der Waals surface area contributed by atoms with Crippen LogP contribution < -0.4 is 0 Å². The molecule has 0 fully saturated rings. The van der Waals surface area contributed by atoms with Gasteiger partial charge in [0.1, 0.15) is 0 Å². The zero-order valence-electron chi connectivity index (χ0n) is 10.3. The zero-order valence-corrected chi connectivity index (χ0v) is 11.1. The lowest BCUT2D eigenvalue weighted by Gasteiger charge is -2.01. The maximum atomic E-state index is 11.0. The number of fused-ring (bicyclic) bond motifs is 1. The summed E-state index contributed by atoms with van der Waals surface area (Å²) in [5, 5.41) is 11.0. The Hall–Kier alpha value is -2.33. The van der Waals surface area contributed by atoms with Crippen LogP contribution in [-0.4, -0.2) is 16.1 Å². The molecule has 4 nitrogen and oxygen atoms in total. The molecule has 0 atom stereocenters. The van der Waals surface area contributed by atoms with Gasteiger partial charge >= 0.3 is 5.97 Å². The average molecular weight is 288 g/mol. The quantitative estimate of drug-likeness (QED) is 0.796. The van der Waals surface area contributed by atoms with Gasteiger partial charge in [-0.2, -0.15) is 0 Å². The van der Waals surface area contributed by atoms with E-state index in [1.165, 1.54) is 6.26 Å².